The maximum Gasteiger partial charge on any atom is 0.256 e. The number of aromatic nitrogens is 2. The minimum atomic E-state index is -0.145. The molecule has 3 rings (SSSR count). The number of carbonyl (C=O) groups excluding carboxylic acids is 1. The topological polar surface area (TPSA) is 69.0 Å². The number of carbonyl (C=O) groups is 1. The summed E-state index contributed by atoms with van der Waals surface area (Å²) < 4.78 is 0.859. The molecule has 3 aromatic rings. The van der Waals surface area contributed by atoms with Gasteiger partial charge in [0, 0.05) is 34.4 Å². The van der Waals surface area contributed by atoms with Crippen LogP contribution in [0.15, 0.2) is 33.7 Å². The maximum absolute atomic E-state index is 13.2. The van der Waals surface area contributed by atoms with Crippen LogP contribution in [-0.2, 0) is 6.54 Å². The SMILES string of the molecule is Cc1cc(C)c(CN(C)C(=O)c2cc(Br)cc3c(C(C)C)c[nH]c23)c(=O)[nH]1. The third kappa shape index (κ3) is 3.72. The lowest BCUT2D eigenvalue weighted by Gasteiger charge is -2.19. The van der Waals surface area contributed by atoms with E-state index in [1.807, 2.05) is 38.2 Å². The van der Waals surface area contributed by atoms with Gasteiger partial charge in [0.15, 0.2) is 0 Å². The molecule has 2 N–H and O–H groups in total. The molecule has 2 aromatic heterocycles. The lowest BCUT2D eigenvalue weighted by atomic mass is 10.0. The van der Waals surface area contributed by atoms with Crippen LogP contribution in [0.5, 0.6) is 0 Å². The van der Waals surface area contributed by atoms with Crippen molar-refractivity contribution in [2.45, 2.75) is 40.2 Å². The molecular formula is C21H24BrN3O2. The number of aryl methyl sites for hydroxylation is 2. The number of benzene rings is 1. The number of amides is 1. The van der Waals surface area contributed by atoms with E-state index in [0.717, 1.165) is 26.6 Å². The molecule has 142 valence electrons. The average molecular weight is 430 g/mol. The van der Waals surface area contributed by atoms with Crippen molar-refractivity contribution in [2.75, 3.05) is 7.05 Å². The van der Waals surface area contributed by atoms with Gasteiger partial charge in [0.05, 0.1) is 17.6 Å². The van der Waals surface area contributed by atoms with Gasteiger partial charge >= 0.3 is 0 Å². The van der Waals surface area contributed by atoms with Crippen LogP contribution in [0.2, 0.25) is 0 Å². The molecule has 1 aromatic carbocycles. The van der Waals surface area contributed by atoms with Gasteiger partial charge in [0.1, 0.15) is 0 Å². The summed E-state index contributed by atoms with van der Waals surface area (Å²) in [7, 11) is 1.72. The highest BCUT2D eigenvalue weighted by atomic mass is 79.9. The Labute approximate surface area is 166 Å². The summed E-state index contributed by atoms with van der Waals surface area (Å²) in [5, 5.41) is 1.04. The monoisotopic (exact) mass is 429 g/mol. The molecule has 2 heterocycles. The van der Waals surface area contributed by atoms with E-state index in [-0.39, 0.29) is 18.0 Å². The standard InChI is InChI=1S/C21H24BrN3O2/c1-11(2)17-9-23-19-15(17)7-14(22)8-16(19)21(27)25(5)10-18-12(3)6-13(4)24-20(18)26/h6-9,11,23H,10H2,1-5H3,(H,24,26). The third-order valence-corrected chi connectivity index (χ3v) is 5.33. The fraction of sp³-hybridized carbons (Fsp3) is 0.333. The van der Waals surface area contributed by atoms with Gasteiger partial charge in [0.2, 0.25) is 0 Å². The van der Waals surface area contributed by atoms with Crippen molar-refractivity contribution in [2.24, 2.45) is 0 Å². The van der Waals surface area contributed by atoms with Gasteiger partial charge in [0.25, 0.3) is 11.5 Å². The van der Waals surface area contributed by atoms with Gasteiger partial charge in [-0.1, -0.05) is 29.8 Å². The number of aromatic amines is 2. The maximum atomic E-state index is 13.2. The second kappa shape index (κ2) is 7.35. The molecule has 0 unspecified atom stereocenters. The van der Waals surface area contributed by atoms with Crippen LogP contribution in [-0.4, -0.2) is 27.8 Å². The molecule has 0 aliphatic heterocycles. The summed E-state index contributed by atoms with van der Waals surface area (Å²) in [5.41, 5.74) is 4.76. The van der Waals surface area contributed by atoms with Crippen molar-refractivity contribution in [3.05, 3.63) is 67.2 Å². The van der Waals surface area contributed by atoms with E-state index >= 15 is 0 Å². The summed E-state index contributed by atoms with van der Waals surface area (Å²) in [5.74, 6) is 0.223. The number of halogens is 1. The van der Waals surface area contributed by atoms with Crippen LogP contribution in [0.4, 0.5) is 0 Å². The minimum Gasteiger partial charge on any atom is -0.360 e. The van der Waals surface area contributed by atoms with E-state index < -0.39 is 0 Å². The lowest BCUT2D eigenvalue weighted by molar-refractivity contribution is 0.0786. The highest BCUT2D eigenvalue weighted by molar-refractivity contribution is 9.10. The molecule has 6 heteroatoms. The molecule has 0 bridgehead atoms. The molecule has 0 atom stereocenters. The summed E-state index contributed by atoms with van der Waals surface area (Å²) >= 11 is 3.53. The molecule has 0 radical (unpaired) electrons. The van der Waals surface area contributed by atoms with Gasteiger partial charge < -0.3 is 14.9 Å². The molecule has 27 heavy (non-hydrogen) atoms. The van der Waals surface area contributed by atoms with Crippen LogP contribution in [0.25, 0.3) is 10.9 Å². The number of fused-ring (bicyclic) bond motifs is 1. The Bertz CT molecular complexity index is 1080. The number of nitrogens with zero attached hydrogens (tertiary/aromatic N) is 1. The molecule has 1 amide bonds. The van der Waals surface area contributed by atoms with E-state index in [2.05, 4.69) is 39.7 Å². The predicted molar refractivity (Wildman–Crippen MR) is 112 cm³/mol. The molecule has 0 aliphatic carbocycles. The minimum absolute atomic E-state index is 0.127. The van der Waals surface area contributed by atoms with Crippen molar-refractivity contribution < 1.29 is 4.79 Å². The average Bonchev–Trinajstić information content (AvgIpc) is 3.00. The molecule has 0 saturated carbocycles. The molecule has 0 spiro atoms. The molecule has 0 fully saturated rings. The Morgan fingerprint density at radius 1 is 1.22 bits per heavy atom. The first-order chi connectivity index (χ1) is 12.7. The molecular weight excluding hydrogens is 406 g/mol. The number of H-pyrrole nitrogens is 2. The fourth-order valence-corrected chi connectivity index (χ4v) is 3.91. The second-order valence-electron chi connectivity index (χ2n) is 7.38. The van der Waals surface area contributed by atoms with Crippen LogP contribution >= 0.6 is 15.9 Å². The zero-order chi connectivity index (χ0) is 19.9. The summed E-state index contributed by atoms with van der Waals surface area (Å²) in [6, 6.07) is 5.78. The van der Waals surface area contributed by atoms with Crippen LogP contribution in [0.3, 0.4) is 0 Å². The highest BCUT2D eigenvalue weighted by Crippen LogP contribution is 2.31. The first-order valence-electron chi connectivity index (χ1n) is 8.94. The van der Waals surface area contributed by atoms with Gasteiger partial charge in [-0.25, -0.2) is 0 Å². The van der Waals surface area contributed by atoms with Crippen molar-refractivity contribution in [1.29, 1.82) is 0 Å². The lowest BCUT2D eigenvalue weighted by Crippen LogP contribution is -2.30. The van der Waals surface area contributed by atoms with Crippen LogP contribution in [0.1, 0.15) is 52.5 Å². The van der Waals surface area contributed by atoms with Gasteiger partial charge in [-0.05, 0) is 49.1 Å². The first-order valence-corrected chi connectivity index (χ1v) is 9.73. The van der Waals surface area contributed by atoms with E-state index in [4.69, 9.17) is 0 Å². The quantitative estimate of drug-likeness (QED) is 0.634. The van der Waals surface area contributed by atoms with E-state index in [1.54, 1.807) is 11.9 Å². The summed E-state index contributed by atoms with van der Waals surface area (Å²) in [6.07, 6.45) is 1.97. The summed E-state index contributed by atoms with van der Waals surface area (Å²) in [4.78, 5) is 33.1. The Morgan fingerprint density at radius 3 is 2.56 bits per heavy atom. The number of rotatable bonds is 4. The van der Waals surface area contributed by atoms with Crippen molar-refractivity contribution >= 4 is 32.7 Å². The van der Waals surface area contributed by atoms with Gasteiger partial charge in [-0.2, -0.15) is 0 Å². The summed E-state index contributed by atoms with van der Waals surface area (Å²) in [6.45, 7) is 8.26. The Hall–Kier alpha value is -2.34. The molecule has 0 saturated heterocycles. The fourth-order valence-electron chi connectivity index (χ4n) is 3.46. The third-order valence-electron chi connectivity index (χ3n) is 4.87. The van der Waals surface area contributed by atoms with E-state index in [1.165, 1.54) is 5.56 Å². The molecule has 0 aliphatic rings. The normalized spacial score (nSPS) is 11.4. The zero-order valence-corrected chi connectivity index (χ0v) is 17.8. The molecule has 5 nitrogen and oxygen atoms in total. The van der Waals surface area contributed by atoms with Crippen LogP contribution < -0.4 is 5.56 Å². The second-order valence-corrected chi connectivity index (χ2v) is 8.29. The van der Waals surface area contributed by atoms with Crippen molar-refractivity contribution in [1.82, 2.24) is 14.9 Å². The number of hydrogen-bond donors (Lipinski definition) is 2. The van der Waals surface area contributed by atoms with Crippen LogP contribution in [0, 0.1) is 13.8 Å². The van der Waals surface area contributed by atoms with E-state index in [9.17, 15) is 9.59 Å². The number of hydrogen-bond acceptors (Lipinski definition) is 2. The zero-order valence-electron chi connectivity index (χ0n) is 16.2. The largest absolute Gasteiger partial charge is 0.360 e. The van der Waals surface area contributed by atoms with Gasteiger partial charge in [-0.3, -0.25) is 9.59 Å². The number of nitrogens with one attached hydrogen (secondary N) is 2. The Morgan fingerprint density at radius 2 is 1.93 bits per heavy atom. The Balaban J connectivity index is 2.00. The Kier molecular flexibility index (Phi) is 5.29. The highest BCUT2D eigenvalue weighted by Gasteiger charge is 2.20. The van der Waals surface area contributed by atoms with Crippen molar-refractivity contribution in [3.63, 3.8) is 0 Å². The van der Waals surface area contributed by atoms with E-state index in [0.29, 0.717) is 17.0 Å². The predicted octanol–water partition coefficient (Wildman–Crippen LogP) is 4.63. The van der Waals surface area contributed by atoms with Crippen molar-refractivity contribution in [3.8, 4) is 0 Å². The first kappa shape index (κ1) is 19.4. The smallest absolute Gasteiger partial charge is 0.256 e. The number of pyridine rings is 1. The van der Waals surface area contributed by atoms with Gasteiger partial charge in [-0.15, -0.1) is 0 Å².